The van der Waals surface area contributed by atoms with Crippen molar-refractivity contribution in [2.45, 2.75) is 87.9 Å². The first kappa shape index (κ1) is 51.8. The van der Waals surface area contributed by atoms with Gasteiger partial charge in [-0.2, -0.15) is 0 Å². The molecule has 2 atom stereocenters. The number of thiocarbonyl (C=S) groups is 1. The van der Waals surface area contributed by atoms with E-state index in [1.807, 2.05) is 73.7 Å². The molecule has 4 aromatic rings. The van der Waals surface area contributed by atoms with Crippen molar-refractivity contribution < 1.29 is 34.3 Å². The molecule has 69 heavy (non-hydrogen) atoms. The zero-order chi connectivity index (χ0) is 48.8. The number of aliphatic hydroxyl groups excluding tert-OH is 2. The smallest absolute Gasteiger partial charge is 0.246 e. The number of nitrogens with one attached hydrogen (secondary N) is 1. The molecule has 1 amide bonds. The lowest BCUT2D eigenvalue weighted by atomic mass is 9.84. The predicted octanol–water partition coefficient (Wildman–Crippen LogP) is 7.96. The fourth-order valence-electron chi connectivity index (χ4n) is 10.4. The molecule has 4 N–H and O–H groups in total. The van der Waals surface area contributed by atoms with E-state index in [4.69, 9.17) is 26.4 Å². The molecule has 4 aliphatic heterocycles. The lowest BCUT2D eigenvalue weighted by molar-refractivity contribution is -0.140. The van der Waals surface area contributed by atoms with Crippen LogP contribution in [0.25, 0.3) is 6.08 Å². The first-order valence-electron chi connectivity index (χ1n) is 25.0. The Morgan fingerprint density at radius 3 is 1.75 bits per heavy atom. The normalized spacial score (nSPS) is 19.6. The minimum absolute atomic E-state index is 0.0522. The number of likely N-dealkylation sites (tertiary alicyclic amines) is 4. The lowest BCUT2D eigenvalue weighted by Crippen LogP contribution is -2.56. The number of benzene rings is 4. The number of carbonyl (C=O) groups excluding carboxylic acids is 1. The van der Waals surface area contributed by atoms with Crippen LogP contribution in [0.4, 0.5) is 5.69 Å². The lowest BCUT2D eigenvalue weighted by Gasteiger charge is -2.43. The third kappa shape index (κ3) is 14.8. The van der Waals surface area contributed by atoms with Gasteiger partial charge in [-0.1, -0.05) is 60.2 Å². The van der Waals surface area contributed by atoms with Crippen LogP contribution in [0.2, 0.25) is 0 Å². The topological polar surface area (TPSA) is 130 Å². The van der Waals surface area contributed by atoms with Crippen molar-refractivity contribution in [2.75, 3.05) is 92.1 Å². The molecule has 0 radical (unpaired) electrons. The van der Waals surface area contributed by atoms with Gasteiger partial charge < -0.3 is 54.4 Å². The van der Waals surface area contributed by atoms with E-state index in [2.05, 4.69) is 56.4 Å². The average molecular weight is 962 g/mol. The maximum absolute atomic E-state index is 12.6. The van der Waals surface area contributed by atoms with Gasteiger partial charge in [-0.25, -0.2) is 0 Å². The Morgan fingerprint density at radius 1 is 0.681 bits per heavy atom. The summed E-state index contributed by atoms with van der Waals surface area (Å²) in [4.78, 5) is 21.3. The number of β-amino-alcohol motifs (C(OH)–C–C–N with tert-alkyl or cyclic N) is 2. The molecule has 0 aliphatic carbocycles. The van der Waals surface area contributed by atoms with E-state index in [1.165, 1.54) is 11.1 Å². The molecule has 372 valence electrons. The van der Waals surface area contributed by atoms with E-state index in [0.29, 0.717) is 50.2 Å². The number of nitrogens with zero attached hydrogens (tertiary/aromatic N) is 4. The molecule has 13 heteroatoms. The van der Waals surface area contributed by atoms with Crippen LogP contribution in [0.5, 0.6) is 17.2 Å². The Kier molecular flexibility index (Phi) is 18.9. The number of methoxy groups -OCH3 is 3. The van der Waals surface area contributed by atoms with Gasteiger partial charge in [0.25, 0.3) is 0 Å². The van der Waals surface area contributed by atoms with Gasteiger partial charge in [0.05, 0.1) is 39.1 Å². The molecular formula is C56H75N5O7S. The van der Waals surface area contributed by atoms with Crippen LogP contribution in [-0.2, 0) is 4.79 Å². The standard InChI is InChI=1S/C29H38N2O4.C27H37N3O3S/c1-22-4-3-5-23(20-22)6-11-28(33)31-18-14-29(34,15-19-31)27(32)21-30-16-12-25(13-17-30)24-7-9-26(35-2)10-8-24;1-32-24-8-6-20(7-9-24)21-10-14-29(15-11-21)19-26(31)22-12-16-30(17-13-22)27(34)28-23-4-3-5-25(18-23)33-2/h3-11,20,25,27,32,34H,12-19,21H2,1-2H3;3-9,18,21-22,26,31H,10-17,19H2,1-2H3,(H,28,34)/b11-6+;. The fourth-order valence-corrected chi connectivity index (χ4v) is 10.7. The number of amides is 1. The van der Waals surface area contributed by atoms with Gasteiger partial charge in [0, 0.05) is 57.1 Å². The van der Waals surface area contributed by atoms with Gasteiger partial charge in [0.15, 0.2) is 5.11 Å². The van der Waals surface area contributed by atoms with Crippen LogP contribution in [0, 0.1) is 12.8 Å². The number of hydrogen-bond donors (Lipinski definition) is 4. The third-order valence-electron chi connectivity index (χ3n) is 14.9. The summed E-state index contributed by atoms with van der Waals surface area (Å²) in [6, 6.07) is 32.6. The largest absolute Gasteiger partial charge is 0.497 e. The van der Waals surface area contributed by atoms with Crippen molar-refractivity contribution in [1.29, 1.82) is 0 Å². The molecule has 4 aromatic carbocycles. The number of anilines is 1. The van der Waals surface area contributed by atoms with Gasteiger partial charge in [-0.3, -0.25) is 4.79 Å². The highest BCUT2D eigenvalue weighted by molar-refractivity contribution is 7.80. The summed E-state index contributed by atoms with van der Waals surface area (Å²) < 4.78 is 15.8. The number of piperidine rings is 4. The number of ether oxygens (including phenoxy) is 3. The van der Waals surface area contributed by atoms with Gasteiger partial charge in [0.1, 0.15) is 17.2 Å². The highest BCUT2D eigenvalue weighted by Crippen LogP contribution is 2.33. The second-order valence-electron chi connectivity index (χ2n) is 19.4. The summed E-state index contributed by atoms with van der Waals surface area (Å²) in [5.41, 5.74) is 4.67. The molecule has 12 nitrogen and oxygen atoms in total. The summed E-state index contributed by atoms with van der Waals surface area (Å²) in [5, 5.41) is 37.1. The second-order valence-corrected chi connectivity index (χ2v) is 19.8. The summed E-state index contributed by atoms with van der Waals surface area (Å²) in [5.74, 6) is 3.98. The first-order chi connectivity index (χ1) is 33.4. The Bertz CT molecular complexity index is 2250. The van der Waals surface area contributed by atoms with Crippen molar-refractivity contribution >= 4 is 35.0 Å². The van der Waals surface area contributed by atoms with E-state index < -0.39 is 11.7 Å². The third-order valence-corrected chi connectivity index (χ3v) is 15.3. The molecule has 4 fully saturated rings. The first-order valence-corrected chi connectivity index (χ1v) is 25.4. The summed E-state index contributed by atoms with van der Waals surface area (Å²) in [7, 11) is 5.05. The summed E-state index contributed by atoms with van der Waals surface area (Å²) >= 11 is 5.63. The van der Waals surface area contributed by atoms with E-state index in [9.17, 15) is 20.1 Å². The molecule has 4 saturated heterocycles. The second kappa shape index (κ2) is 25.2. The SMILES string of the molecule is COc1ccc(C2CCN(CC(O)C3(O)CCN(C(=O)/C=C/c4cccc(C)c4)CC3)CC2)cc1.COc1ccc(C2CCN(CC(O)C3CCN(C(=S)Nc4cccc(OC)c4)CC3)CC2)cc1. The van der Waals surface area contributed by atoms with Crippen molar-refractivity contribution in [2.24, 2.45) is 5.92 Å². The number of hydrogen-bond acceptors (Lipinski definition) is 10. The Morgan fingerprint density at radius 2 is 1.22 bits per heavy atom. The molecule has 0 spiro atoms. The number of rotatable bonds is 14. The average Bonchev–Trinajstić information content (AvgIpc) is 3.39. The summed E-state index contributed by atoms with van der Waals surface area (Å²) in [6.07, 6.45) is 9.39. The highest BCUT2D eigenvalue weighted by atomic mass is 32.1. The van der Waals surface area contributed by atoms with Crippen molar-refractivity contribution in [3.63, 3.8) is 0 Å². The van der Waals surface area contributed by atoms with E-state index in [0.717, 1.165) is 124 Å². The zero-order valence-electron chi connectivity index (χ0n) is 41.2. The van der Waals surface area contributed by atoms with Crippen LogP contribution >= 0.6 is 12.2 Å². The Hall–Kier alpha value is -5.02. The van der Waals surface area contributed by atoms with Crippen molar-refractivity contribution in [3.05, 3.63) is 125 Å². The van der Waals surface area contributed by atoms with E-state index in [1.54, 1.807) is 32.3 Å². The fraction of sp³-hybridized carbons (Fsp3) is 0.500. The van der Waals surface area contributed by atoms with E-state index in [-0.39, 0.29) is 12.0 Å². The Labute approximate surface area is 415 Å². The van der Waals surface area contributed by atoms with Crippen molar-refractivity contribution in [1.82, 2.24) is 19.6 Å². The minimum Gasteiger partial charge on any atom is -0.497 e. The van der Waals surface area contributed by atoms with Crippen LogP contribution in [0.3, 0.4) is 0 Å². The number of aliphatic hydroxyl groups is 3. The maximum Gasteiger partial charge on any atom is 0.246 e. The molecule has 0 saturated carbocycles. The predicted molar refractivity (Wildman–Crippen MR) is 279 cm³/mol. The Balaban J connectivity index is 0.000000204. The molecule has 0 bridgehead atoms. The maximum atomic E-state index is 12.6. The van der Waals surface area contributed by atoms with Crippen LogP contribution in [0.15, 0.2) is 103 Å². The molecule has 2 unspecified atom stereocenters. The molecule has 4 aliphatic rings. The van der Waals surface area contributed by atoms with Crippen LogP contribution in [-0.4, -0.2) is 151 Å². The molecule has 4 heterocycles. The van der Waals surface area contributed by atoms with Crippen molar-refractivity contribution in [3.8, 4) is 17.2 Å². The van der Waals surface area contributed by atoms with Crippen LogP contribution in [0.1, 0.15) is 85.5 Å². The van der Waals surface area contributed by atoms with Gasteiger partial charge in [-0.15, -0.1) is 0 Å². The monoisotopic (exact) mass is 962 g/mol. The van der Waals surface area contributed by atoms with Gasteiger partial charge in [-0.05, 0) is 174 Å². The zero-order valence-corrected chi connectivity index (χ0v) is 42.0. The number of aryl methyl sites for hydroxylation is 1. The molecule has 0 aromatic heterocycles. The minimum atomic E-state index is -1.15. The number of carbonyl (C=O) groups is 1. The van der Waals surface area contributed by atoms with Gasteiger partial charge >= 0.3 is 0 Å². The quantitative estimate of drug-likeness (QED) is 0.0723. The molecular weight excluding hydrogens is 887 g/mol. The van der Waals surface area contributed by atoms with Crippen LogP contribution < -0.4 is 19.5 Å². The van der Waals surface area contributed by atoms with Gasteiger partial charge in [0.2, 0.25) is 5.91 Å². The highest BCUT2D eigenvalue weighted by Gasteiger charge is 2.41. The van der Waals surface area contributed by atoms with E-state index >= 15 is 0 Å². The summed E-state index contributed by atoms with van der Waals surface area (Å²) in [6.45, 7) is 9.79. The molecule has 8 rings (SSSR count).